The number of sulfone groups is 1. The fourth-order valence-electron chi connectivity index (χ4n) is 2.98. The van der Waals surface area contributed by atoms with Crippen molar-refractivity contribution in [3.8, 4) is 0 Å². The molecule has 0 aromatic heterocycles. The van der Waals surface area contributed by atoms with Gasteiger partial charge in [0.05, 0.1) is 16.7 Å². The van der Waals surface area contributed by atoms with Crippen molar-refractivity contribution < 1.29 is 18.0 Å². The average Bonchev–Trinajstić information content (AvgIpc) is 3.12. The van der Waals surface area contributed by atoms with Crippen LogP contribution < -0.4 is 5.32 Å². The molecule has 0 radical (unpaired) electrons. The smallest absolute Gasteiger partial charge is 0.266 e. The topological polar surface area (TPSA) is 83.6 Å². The summed E-state index contributed by atoms with van der Waals surface area (Å²) in [6, 6.07) is 7.50. The minimum atomic E-state index is -3.23. The van der Waals surface area contributed by atoms with Gasteiger partial charge in [0.1, 0.15) is 4.32 Å². The molecular formula is C20H22N2O4S3. The summed E-state index contributed by atoms with van der Waals surface area (Å²) in [7, 11) is -3.23. The molecule has 1 saturated heterocycles. The maximum atomic E-state index is 12.7. The Hall–Kier alpha value is -1.97. The molecule has 1 atom stereocenters. The van der Waals surface area contributed by atoms with Gasteiger partial charge >= 0.3 is 0 Å². The normalized spacial score (nSPS) is 22.1. The molecule has 2 aliphatic rings. The number of hydrogen-bond donors (Lipinski definition) is 1. The minimum absolute atomic E-state index is 0.0488. The number of rotatable bonds is 6. The highest BCUT2D eigenvalue weighted by Crippen LogP contribution is 2.32. The first-order valence-electron chi connectivity index (χ1n) is 9.20. The Bertz CT molecular complexity index is 995. The molecule has 2 amide bonds. The van der Waals surface area contributed by atoms with E-state index in [1.165, 1.54) is 28.3 Å². The van der Waals surface area contributed by atoms with Crippen LogP contribution in [0.3, 0.4) is 0 Å². The fourth-order valence-corrected chi connectivity index (χ4v) is 5.52. The molecule has 0 aliphatic carbocycles. The van der Waals surface area contributed by atoms with Gasteiger partial charge in [0, 0.05) is 18.4 Å². The molecule has 29 heavy (non-hydrogen) atoms. The Kier molecular flexibility index (Phi) is 6.60. The van der Waals surface area contributed by atoms with Gasteiger partial charge in [0.2, 0.25) is 5.91 Å². The van der Waals surface area contributed by atoms with Crippen LogP contribution in [-0.4, -0.2) is 47.8 Å². The summed E-state index contributed by atoms with van der Waals surface area (Å²) in [5, 5.41) is 3.76. The number of benzene rings is 1. The van der Waals surface area contributed by atoms with Crippen molar-refractivity contribution in [2.24, 2.45) is 0 Å². The number of thioether (sulfide) groups is 1. The number of amides is 2. The van der Waals surface area contributed by atoms with Gasteiger partial charge in [0.15, 0.2) is 9.84 Å². The second kappa shape index (κ2) is 8.81. The number of carbonyl (C=O) groups is 2. The Labute approximate surface area is 180 Å². The second-order valence-corrected chi connectivity index (χ2v) is 10.8. The van der Waals surface area contributed by atoms with Crippen LogP contribution in [0.1, 0.15) is 37.3 Å². The molecule has 154 valence electrons. The lowest BCUT2D eigenvalue weighted by atomic mass is 10.0. The zero-order chi connectivity index (χ0) is 21.2. The minimum Gasteiger partial charge on any atom is -0.349 e. The van der Waals surface area contributed by atoms with Crippen LogP contribution in [0, 0.1) is 0 Å². The third-order valence-corrected chi connectivity index (χ3v) is 7.39. The highest BCUT2D eigenvalue weighted by Gasteiger charge is 2.32. The van der Waals surface area contributed by atoms with Crippen LogP contribution >= 0.6 is 24.0 Å². The molecule has 3 rings (SSSR count). The molecule has 0 bridgehead atoms. The first kappa shape index (κ1) is 21.7. The lowest BCUT2D eigenvalue weighted by Crippen LogP contribution is -2.38. The maximum Gasteiger partial charge on any atom is 0.266 e. The highest BCUT2D eigenvalue weighted by atomic mass is 32.2. The van der Waals surface area contributed by atoms with E-state index in [4.69, 9.17) is 12.2 Å². The van der Waals surface area contributed by atoms with Gasteiger partial charge in [-0.15, -0.1) is 0 Å². The summed E-state index contributed by atoms with van der Waals surface area (Å²) in [5.74, 6) is -0.227. The van der Waals surface area contributed by atoms with Crippen LogP contribution in [0.5, 0.6) is 0 Å². The monoisotopic (exact) mass is 450 g/mol. The molecular weight excluding hydrogens is 428 g/mol. The van der Waals surface area contributed by atoms with Crippen molar-refractivity contribution in [1.82, 2.24) is 10.2 Å². The zero-order valence-electron chi connectivity index (χ0n) is 16.1. The van der Waals surface area contributed by atoms with Crippen molar-refractivity contribution >= 4 is 56.0 Å². The van der Waals surface area contributed by atoms with Crippen LogP contribution in [0.2, 0.25) is 0 Å². The van der Waals surface area contributed by atoms with Gasteiger partial charge in [-0.3, -0.25) is 14.5 Å². The third kappa shape index (κ3) is 5.55. The van der Waals surface area contributed by atoms with Gasteiger partial charge in [-0.2, -0.15) is 0 Å². The predicted molar refractivity (Wildman–Crippen MR) is 120 cm³/mol. The van der Waals surface area contributed by atoms with Crippen LogP contribution in [0.15, 0.2) is 40.7 Å². The Morgan fingerprint density at radius 2 is 2.03 bits per heavy atom. The van der Waals surface area contributed by atoms with Gasteiger partial charge in [-0.05, 0) is 29.2 Å². The molecule has 2 heterocycles. The number of hydrogen-bond acceptors (Lipinski definition) is 6. The van der Waals surface area contributed by atoms with Crippen molar-refractivity contribution in [1.29, 1.82) is 0 Å². The Balaban J connectivity index is 1.57. The molecule has 1 aromatic rings. The average molecular weight is 451 g/mol. The van der Waals surface area contributed by atoms with Crippen LogP contribution in [-0.2, 0) is 19.4 Å². The van der Waals surface area contributed by atoms with Crippen molar-refractivity contribution in [3.63, 3.8) is 0 Å². The van der Waals surface area contributed by atoms with Gasteiger partial charge in [-0.25, -0.2) is 8.42 Å². The SMILES string of the molecule is CC(C)c1ccc(C=C2SC(=S)N(CCC(=O)NC3C=CS(=O)(=O)C3)C2=O)cc1. The van der Waals surface area contributed by atoms with E-state index >= 15 is 0 Å². The first-order chi connectivity index (χ1) is 13.6. The summed E-state index contributed by atoms with van der Waals surface area (Å²) in [6.07, 6.45) is 3.31. The molecule has 0 spiro atoms. The van der Waals surface area contributed by atoms with Crippen molar-refractivity contribution in [2.75, 3.05) is 12.3 Å². The van der Waals surface area contributed by atoms with Crippen LogP contribution in [0.4, 0.5) is 0 Å². The van der Waals surface area contributed by atoms with E-state index in [0.717, 1.165) is 11.0 Å². The number of carbonyl (C=O) groups excluding carboxylic acids is 2. The maximum absolute atomic E-state index is 12.7. The van der Waals surface area contributed by atoms with E-state index in [0.29, 0.717) is 15.1 Å². The molecule has 1 aromatic carbocycles. The van der Waals surface area contributed by atoms with E-state index in [2.05, 4.69) is 19.2 Å². The summed E-state index contributed by atoms with van der Waals surface area (Å²) in [5.41, 5.74) is 2.15. The molecule has 1 N–H and O–H groups in total. The lowest BCUT2D eigenvalue weighted by molar-refractivity contribution is -0.124. The molecule has 0 saturated carbocycles. The van der Waals surface area contributed by atoms with Crippen molar-refractivity contribution in [2.45, 2.75) is 32.2 Å². The van der Waals surface area contributed by atoms with E-state index in [1.807, 2.05) is 24.3 Å². The zero-order valence-corrected chi connectivity index (χ0v) is 18.6. The van der Waals surface area contributed by atoms with Gasteiger partial charge in [-0.1, -0.05) is 62.1 Å². The lowest BCUT2D eigenvalue weighted by Gasteiger charge is -2.15. The summed E-state index contributed by atoms with van der Waals surface area (Å²) in [4.78, 5) is 26.7. The van der Waals surface area contributed by atoms with E-state index in [1.54, 1.807) is 6.08 Å². The molecule has 6 nitrogen and oxygen atoms in total. The van der Waals surface area contributed by atoms with E-state index in [9.17, 15) is 18.0 Å². The number of nitrogens with one attached hydrogen (secondary N) is 1. The largest absolute Gasteiger partial charge is 0.349 e. The Morgan fingerprint density at radius 3 is 2.62 bits per heavy atom. The predicted octanol–water partition coefficient (Wildman–Crippen LogP) is 2.83. The second-order valence-electron chi connectivity index (χ2n) is 7.24. The molecule has 9 heteroatoms. The fraction of sp³-hybridized carbons (Fsp3) is 0.350. The highest BCUT2D eigenvalue weighted by molar-refractivity contribution is 8.26. The van der Waals surface area contributed by atoms with Crippen LogP contribution in [0.25, 0.3) is 6.08 Å². The number of nitrogens with zero attached hydrogens (tertiary/aromatic N) is 1. The quantitative estimate of drug-likeness (QED) is 0.530. The van der Waals surface area contributed by atoms with E-state index < -0.39 is 15.9 Å². The molecule has 1 unspecified atom stereocenters. The summed E-state index contributed by atoms with van der Waals surface area (Å²) < 4.78 is 23.2. The molecule has 2 aliphatic heterocycles. The van der Waals surface area contributed by atoms with E-state index in [-0.39, 0.29) is 30.5 Å². The third-order valence-electron chi connectivity index (χ3n) is 4.61. The standard InChI is InChI=1S/C20H22N2O4S3/c1-13(2)15-5-3-14(4-6-15)11-17-19(24)22(20(27)28-17)9-7-18(23)21-16-8-10-29(25,26)12-16/h3-6,8,10-11,13,16H,7,9,12H2,1-2H3,(H,21,23). The Morgan fingerprint density at radius 1 is 1.34 bits per heavy atom. The molecule has 1 fully saturated rings. The van der Waals surface area contributed by atoms with Crippen molar-refractivity contribution in [3.05, 3.63) is 51.8 Å². The van der Waals surface area contributed by atoms with Gasteiger partial charge < -0.3 is 5.32 Å². The summed E-state index contributed by atoms with van der Waals surface area (Å²) in [6.45, 7) is 4.40. The van der Waals surface area contributed by atoms with Gasteiger partial charge in [0.25, 0.3) is 5.91 Å². The summed E-state index contributed by atoms with van der Waals surface area (Å²) >= 11 is 6.51. The first-order valence-corrected chi connectivity index (χ1v) is 12.1. The number of thiocarbonyl (C=S) groups is 1.